The summed E-state index contributed by atoms with van der Waals surface area (Å²) in [6.07, 6.45) is 1.88. The van der Waals surface area contributed by atoms with Gasteiger partial charge in [0.05, 0.1) is 37.7 Å². The minimum absolute atomic E-state index is 0.0891. The molecule has 198 valence electrons. The molecule has 0 aromatic heterocycles. The number of methoxy groups -OCH3 is 1. The van der Waals surface area contributed by atoms with Gasteiger partial charge in [-0.2, -0.15) is 0 Å². The highest BCUT2D eigenvalue weighted by molar-refractivity contribution is 7.91. The first-order valence-corrected chi connectivity index (χ1v) is 14.0. The van der Waals surface area contributed by atoms with Gasteiger partial charge in [0.2, 0.25) is 9.84 Å². The Morgan fingerprint density at radius 1 is 1.08 bits per heavy atom. The number of benzene rings is 2. The zero-order valence-corrected chi connectivity index (χ0v) is 22.2. The number of morpholine rings is 1. The van der Waals surface area contributed by atoms with Gasteiger partial charge in [0.25, 0.3) is 0 Å². The molecule has 1 aliphatic rings. The van der Waals surface area contributed by atoms with Crippen LogP contribution in [-0.2, 0) is 30.5 Å². The van der Waals surface area contributed by atoms with Gasteiger partial charge in [0.15, 0.2) is 0 Å². The Hall–Kier alpha value is -2.62. The van der Waals surface area contributed by atoms with Gasteiger partial charge in [-0.1, -0.05) is 19.4 Å². The monoisotopic (exact) mass is 519 g/mol. The maximum atomic E-state index is 13.7. The van der Waals surface area contributed by atoms with Gasteiger partial charge >= 0.3 is 5.97 Å². The van der Waals surface area contributed by atoms with Crippen molar-refractivity contribution >= 4 is 15.8 Å². The van der Waals surface area contributed by atoms with Crippen molar-refractivity contribution in [3.05, 3.63) is 48.0 Å². The lowest BCUT2D eigenvalue weighted by molar-refractivity contribution is -0.148. The molecule has 1 atom stereocenters. The second-order valence-electron chi connectivity index (χ2n) is 8.70. The SMILES string of the molecule is CCCC(Cc1ccc(OCCN2CCOCC2)c(S(=O)(=O)c2ccc(OC)cc2)c1)C(=O)OCC. The molecule has 2 aromatic carbocycles. The topological polar surface area (TPSA) is 91.4 Å². The molecule has 0 saturated carbocycles. The summed E-state index contributed by atoms with van der Waals surface area (Å²) in [4.78, 5) is 14.9. The summed E-state index contributed by atoms with van der Waals surface area (Å²) < 4.78 is 49.2. The fourth-order valence-electron chi connectivity index (χ4n) is 4.20. The third-order valence-corrected chi connectivity index (χ3v) is 7.97. The summed E-state index contributed by atoms with van der Waals surface area (Å²) in [6.45, 7) is 8.15. The van der Waals surface area contributed by atoms with E-state index < -0.39 is 9.84 Å². The van der Waals surface area contributed by atoms with Crippen LogP contribution in [0.2, 0.25) is 0 Å². The largest absolute Gasteiger partial charge is 0.497 e. The van der Waals surface area contributed by atoms with Crippen molar-refractivity contribution in [1.82, 2.24) is 4.90 Å². The highest BCUT2D eigenvalue weighted by Crippen LogP contribution is 2.32. The quantitative estimate of drug-likeness (QED) is 0.370. The Labute approximate surface area is 214 Å². The molecule has 1 aliphatic heterocycles. The predicted molar refractivity (Wildman–Crippen MR) is 136 cm³/mol. The number of sulfone groups is 1. The van der Waals surface area contributed by atoms with Crippen molar-refractivity contribution in [2.75, 3.05) is 53.2 Å². The first kappa shape index (κ1) is 28.0. The number of rotatable bonds is 13. The molecular weight excluding hydrogens is 482 g/mol. The van der Waals surface area contributed by atoms with E-state index in [-0.39, 0.29) is 21.7 Å². The van der Waals surface area contributed by atoms with Crippen molar-refractivity contribution in [3.8, 4) is 11.5 Å². The second kappa shape index (κ2) is 13.6. The molecule has 1 unspecified atom stereocenters. The number of esters is 1. The molecule has 0 bridgehead atoms. The van der Waals surface area contributed by atoms with Crippen molar-refractivity contribution in [2.24, 2.45) is 5.92 Å². The Kier molecular flexibility index (Phi) is 10.6. The molecule has 0 amide bonds. The Morgan fingerprint density at radius 3 is 2.44 bits per heavy atom. The van der Waals surface area contributed by atoms with Crippen LogP contribution in [0.15, 0.2) is 52.3 Å². The van der Waals surface area contributed by atoms with Crippen molar-refractivity contribution in [1.29, 1.82) is 0 Å². The van der Waals surface area contributed by atoms with Crippen molar-refractivity contribution < 1.29 is 32.2 Å². The summed E-state index contributed by atoms with van der Waals surface area (Å²) in [5, 5.41) is 0. The summed E-state index contributed by atoms with van der Waals surface area (Å²) in [7, 11) is -2.35. The van der Waals surface area contributed by atoms with E-state index >= 15 is 0 Å². The van der Waals surface area contributed by atoms with Crippen molar-refractivity contribution in [3.63, 3.8) is 0 Å². The molecule has 1 heterocycles. The highest BCUT2D eigenvalue weighted by Gasteiger charge is 2.26. The van der Waals surface area contributed by atoms with Crippen LogP contribution in [0.3, 0.4) is 0 Å². The lowest BCUT2D eigenvalue weighted by Crippen LogP contribution is -2.38. The fraction of sp³-hybridized carbons (Fsp3) is 0.519. The van der Waals surface area contributed by atoms with E-state index in [1.54, 1.807) is 31.2 Å². The maximum Gasteiger partial charge on any atom is 0.309 e. The predicted octanol–water partition coefficient (Wildman–Crippen LogP) is 3.76. The molecule has 36 heavy (non-hydrogen) atoms. The van der Waals surface area contributed by atoms with Crippen LogP contribution in [0.25, 0.3) is 0 Å². The smallest absolute Gasteiger partial charge is 0.309 e. The van der Waals surface area contributed by atoms with E-state index in [9.17, 15) is 13.2 Å². The Morgan fingerprint density at radius 2 is 1.81 bits per heavy atom. The van der Waals surface area contributed by atoms with Gasteiger partial charge in [0.1, 0.15) is 23.0 Å². The molecule has 0 radical (unpaired) electrons. The Bertz CT molecular complexity index is 1080. The van der Waals surface area contributed by atoms with E-state index in [1.807, 2.05) is 13.0 Å². The van der Waals surface area contributed by atoms with Crippen LogP contribution >= 0.6 is 0 Å². The summed E-state index contributed by atoms with van der Waals surface area (Å²) >= 11 is 0. The number of ether oxygens (including phenoxy) is 4. The molecule has 0 spiro atoms. The summed E-state index contributed by atoms with van der Waals surface area (Å²) in [6, 6.07) is 11.4. The molecule has 8 nitrogen and oxygen atoms in total. The molecule has 2 aromatic rings. The maximum absolute atomic E-state index is 13.7. The van der Waals surface area contributed by atoms with E-state index in [0.717, 1.165) is 25.1 Å². The summed E-state index contributed by atoms with van der Waals surface area (Å²) in [5.41, 5.74) is 0.745. The van der Waals surface area contributed by atoms with Crippen LogP contribution in [-0.4, -0.2) is 72.5 Å². The number of hydrogen-bond donors (Lipinski definition) is 0. The highest BCUT2D eigenvalue weighted by atomic mass is 32.2. The second-order valence-corrected chi connectivity index (χ2v) is 10.6. The zero-order chi connectivity index (χ0) is 26.0. The first-order chi connectivity index (χ1) is 17.4. The van der Waals surface area contributed by atoms with Gasteiger partial charge in [-0.3, -0.25) is 9.69 Å². The number of nitrogens with zero attached hydrogens (tertiary/aromatic N) is 1. The molecule has 1 saturated heterocycles. The van der Waals surface area contributed by atoms with Crippen LogP contribution in [0.4, 0.5) is 0 Å². The molecule has 0 N–H and O–H groups in total. The van der Waals surface area contributed by atoms with Gasteiger partial charge in [-0.15, -0.1) is 0 Å². The van der Waals surface area contributed by atoms with E-state index in [0.29, 0.717) is 57.3 Å². The fourth-order valence-corrected chi connectivity index (χ4v) is 5.64. The van der Waals surface area contributed by atoms with E-state index in [4.69, 9.17) is 18.9 Å². The van der Waals surface area contributed by atoms with Gasteiger partial charge in [0, 0.05) is 19.6 Å². The normalized spacial score (nSPS) is 15.3. The molecular formula is C27H37NO7S. The molecule has 1 fully saturated rings. The molecule has 3 rings (SSSR count). The van der Waals surface area contributed by atoms with Crippen LogP contribution in [0, 0.1) is 5.92 Å². The van der Waals surface area contributed by atoms with Gasteiger partial charge in [-0.25, -0.2) is 8.42 Å². The van der Waals surface area contributed by atoms with E-state index in [2.05, 4.69) is 4.90 Å². The third-order valence-electron chi connectivity index (χ3n) is 6.18. The lowest BCUT2D eigenvalue weighted by Gasteiger charge is -2.26. The minimum atomic E-state index is -3.88. The van der Waals surface area contributed by atoms with E-state index in [1.165, 1.54) is 19.2 Å². The van der Waals surface area contributed by atoms with Gasteiger partial charge in [-0.05, 0) is 61.7 Å². The average molecular weight is 520 g/mol. The Balaban J connectivity index is 1.89. The number of carbonyl (C=O) groups excluding carboxylic acids is 1. The molecule has 9 heteroatoms. The van der Waals surface area contributed by atoms with Crippen LogP contribution < -0.4 is 9.47 Å². The van der Waals surface area contributed by atoms with Crippen LogP contribution in [0.1, 0.15) is 32.3 Å². The zero-order valence-electron chi connectivity index (χ0n) is 21.4. The third kappa shape index (κ3) is 7.44. The van der Waals surface area contributed by atoms with Crippen LogP contribution in [0.5, 0.6) is 11.5 Å². The summed E-state index contributed by atoms with van der Waals surface area (Å²) in [5.74, 6) is 0.275. The van der Waals surface area contributed by atoms with Gasteiger partial charge < -0.3 is 18.9 Å². The number of hydrogen-bond acceptors (Lipinski definition) is 8. The minimum Gasteiger partial charge on any atom is -0.497 e. The first-order valence-electron chi connectivity index (χ1n) is 12.5. The number of carbonyl (C=O) groups is 1. The standard InChI is InChI=1S/C27H37NO7S/c1-4-6-22(27(29)34-5-2)19-21-7-12-25(35-18-15-28-13-16-33-17-14-28)26(20-21)36(30,31)24-10-8-23(32-3)9-11-24/h7-12,20,22H,4-6,13-19H2,1-3H3. The molecule has 0 aliphatic carbocycles. The lowest BCUT2D eigenvalue weighted by atomic mass is 9.95. The van der Waals surface area contributed by atoms with Crippen molar-refractivity contribution in [2.45, 2.75) is 42.9 Å². The average Bonchev–Trinajstić information content (AvgIpc) is 2.90.